The first-order valence-electron chi connectivity index (χ1n) is 11.8. The predicted molar refractivity (Wildman–Crippen MR) is 151 cm³/mol. The summed E-state index contributed by atoms with van der Waals surface area (Å²) in [7, 11) is 0. The molecule has 2 aromatic carbocycles. The molecule has 0 unspecified atom stereocenters. The van der Waals surface area contributed by atoms with Gasteiger partial charge < -0.3 is 9.84 Å². The molecule has 2 aromatic rings. The van der Waals surface area contributed by atoms with E-state index in [1.54, 1.807) is 20.8 Å². The SMILES string of the molecule is Cc1ccc(SC(C(=O)C(C)(C)C)=C(C(=S)OCc2ccc([N+](=O)[O-])cc2)N2C(=O)[C@H]([C@@H](C)O)[C@H]2Cl)cc1. The van der Waals surface area contributed by atoms with E-state index in [9.17, 15) is 24.8 Å². The molecule has 1 aliphatic rings. The second-order valence-electron chi connectivity index (χ2n) is 10.0. The lowest BCUT2D eigenvalue weighted by Gasteiger charge is -2.46. The molecule has 3 rings (SSSR count). The summed E-state index contributed by atoms with van der Waals surface area (Å²) in [6.07, 6.45) is -0.997. The van der Waals surface area contributed by atoms with Crippen LogP contribution in [-0.2, 0) is 20.9 Å². The summed E-state index contributed by atoms with van der Waals surface area (Å²) in [5.74, 6) is -1.60. The van der Waals surface area contributed by atoms with Gasteiger partial charge in [0.25, 0.3) is 5.69 Å². The molecule has 1 N–H and O–H groups in total. The summed E-state index contributed by atoms with van der Waals surface area (Å²) in [6.45, 7) is 8.66. The third-order valence-corrected chi connectivity index (χ3v) is 7.75. The molecule has 3 atom stereocenters. The van der Waals surface area contributed by atoms with Gasteiger partial charge in [-0.15, -0.1) is 0 Å². The first-order chi connectivity index (χ1) is 17.7. The smallest absolute Gasteiger partial charge is 0.269 e. The summed E-state index contributed by atoms with van der Waals surface area (Å²) < 4.78 is 5.86. The predicted octanol–water partition coefficient (Wildman–Crippen LogP) is 5.77. The Balaban J connectivity index is 2.06. The van der Waals surface area contributed by atoms with E-state index in [0.29, 0.717) is 5.56 Å². The number of thiocarbonyl (C=S) groups is 1. The zero-order valence-corrected chi connectivity index (χ0v) is 24.0. The number of Topliss-reactive ketones (excluding diaryl/α,β-unsaturated/α-hetero) is 1. The highest BCUT2D eigenvalue weighted by Gasteiger charge is 2.52. The van der Waals surface area contributed by atoms with Gasteiger partial charge in [-0.1, -0.05) is 61.8 Å². The number of allylic oxidation sites excluding steroid dienone is 1. The number of aryl methyl sites for hydroxylation is 1. The van der Waals surface area contributed by atoms with Crippen LogP contribution in [-0.4, -0.2) is 43.3 Å². The Morgan fingerprint density at radius 1 is 1.21 bits per heavy atom. The van der Waals surface area contributed by atoms with Crippen LogP contribution in [0.3, 0.4) is 0 Å². The van der Waals surface area contributed by atoms with Crippen molar-refractivity contribution in [1.82, 2.24) is 4.90 Å². The summed E-state index contributed by atoms with van der Waals surface area (Å²) in [5.41, 5.74) is -0.126. The molecular formula is C27H29ClN2O6S2. The summed E-state index contributed by atoms with van der Waals surface area (Å²) >= 11 is 13.3. The van der Waals surface area contributed by atoms with Crippen LogP contribution in [0, 0.1) is 28.4 Å². The molecule has 8 nitrogen and oxygen atoms in total. The molecule has 202 valence electrons. The largest absolute Gasteiger partial charge is 0.477 e. The van der Waals surface area contributed by atoms with Crippen LogP contribution in [0.4, 0.5) is 5.69 Å². The van der Waals surface area contributed by atoms with E-state index >= 15 is 0 Å². The number of carbonyl (C=O) groups excluding carboxylic acids is 2. The van der Waals surface area contributed by atoms with Crippen LogP contribution in [0.25, 0.3) is 0 Å². The van der Waals surface area contributed by atoms with Gasteiger partial charge in [-0.05, 0) is 55.9 Å². The normalized spacial score (nSPS) is 18.8. The Hall–Kier alpha value is -2.79. The first kappa shape index (κ1) is 29.8. The number of ether oxygens (including phenoxy) is 1. The van der Waals surface area contributed by atoms with Crippen molar-refractivity contribution in [3.05, 3.63) is 80.4 Å². The van der Waals surface area contributed by atoms with Crippen LogP contribution in [0.15, 0.2) is 64.0 Å². The van der Waals surface area contributed by atoms with Crippen molar-refractivity contribution in [1.29, 1.82) is 0 Å². The second-order valence-corrected chi connectivity index (χ2v) is 11.9. The highest BCUT2D eigenvalue weighted by atomic mass is 35.5. The van der Waals surface area contributed by atoms with Gasteiger partial charge in [-0.25, -0.2) is 0 Å². The van der Waals surface area contributed by atoms with E-state index in [-0.39, 0.29) is 33.7 Å². The number of alkyl halides is 1. The van der Waals surface area contributed by atoms with Gasteiger partial charge in [-0.2, -0.15) is 0 Å². The average Bonchev–Trinajstić information content (AvgIpc) is 2.84. The number of nitro benzene ring substituents is 1. The highest BCUT2D eigenvalue weighted by molar-refractivity contribution is 8.04. The number of halogens is 1. The van der Waals surface area contributed by atoms with Crippen molar-refractivity contribution >= 4 is 58.0 Å². The van der Waals surface area contributed by atoms with E-state index in [2.05, 4.69) is 0 Å². The quantitative estimate of drug-likeness (QED) is 0.0585. The molecule has 0 spiro atoms. The van der Waals surface area contributed by atoms with Crippen molar-refractivity contribution in [3.8, 4) is 0 Å². The number of thioether (sulfide) groups is 1. The monoisotopic (exact) mass is 576 g/mol. The third kappa shape index (κ3) is 6.61. The number of non-ortho nitro benzene ring substituents is 1. The van der Waals surface area contributed by atoms with Gasteiger partial charge in [0.15, 0.2) is 5.78 Å². The fourth-order valence-corrected chi connectivity index (χ4v) is 5.68. The molecule has 1 saturated heterocycles. The zero-order chi connectivity index (χ0) is 28.4. The molecule has 1 aliphatic heterocycles. The molecule has 0 bridgehead atoms. The lowest BCUT2D eigenvalue weighted by atomic mass is 9.88. The van der Waals surface area contributed by atoms with Crippen molar-refractivity contribution in [2.45, 2.75) is 57.7 Å². The van der Waals surface area contributed by atoms with Crippen LogP contribution in [0.2, 0.25) is 0 Å². The summed E-state index contributed by atoms with van der Waals surface area (Å²) in [6, 6.07) is 13.3. The maximum Gasteiger partial charge on any atom is 0.269 e. The molecule has 0 radical (unpaired) electrons. The van der Waals surface area contributed by atoms with Crippen molar-refractivity contribution in [2.75, 3.05) is 0 Å². The Labute approximate surface area is 236 Å². The number of hydrogen-bond donors (Lipinski definition) is 1. The standard InChI is InChI=1S/C27H29ClN2O6S2/c1-15-6-12-19(13-7-15)38-22(23(32)27(3,4)5)21(29-24(28)20(16(2)31)25(29)33)26(37)36-14-17-8-10-18(11-9-17)30(34)35/h6-13,16,20,24,31H,14H2,1-5H3/t16-,20-,24+/m1/s1. The minimum absolute atomic E-state index is 0.0542. The first-order valence-corrected chi connectivity index (χ1v) is 13.5. The Kier molecular flexibility index (Phi) is 9.35. The number of β-lactam (4-membered cyclic amide) rings is 1. The number of benzene rings is 2. The number of carbonyl (C=O) groups is 2. The number of aliphatic hydroxyl groups excluding tert-OH is 1. The second kappa shape index (κ2) is 11.9. The van der Waals surface area contributed by atoms with Crippen molar-refractivity contribution < 1.29 is 24.4 Å². The minimum atomic E-state index is -0.997. The fraction of sp³-hybridized carbons (Fsp3) is 0.370. The zero-order valence-electron chi connectivity index (χ0n) is 21.6. The Bertz CT molecular complexity index is 1270. The average molecular weight is 577 g/mol. The van der Waals surface area contributed by atoms with Crippen LogP contribution < -0.4 is 0 Å². The summed E-state index contributed by atoms with van der Waals surface area (Å²) in [5, 5.41) is 20.9. The lowest BCUT2D eigenvalue weighted by molar-refractivity contribution is -0.384. The van der Waals surface area contributed by atoms with Gasteiger partial charge in [0.1, 0.15) is 17.8 Å². The summed E-state index contributed by atoms with van der Waals surface area (Å²) in [4.78, 5) is 39.5. The highest BCUT2D eigenvalue weighted by Crippen LogP contribution is 2.43. The Morgan fingerprint density at radius 2 is 1.79 bits per heavy atom. The number of amides is 1. The van der Waals surface area contributed by atoms with Crippen molar-refractivity contribution in [3.63, 3.8) is 0 Å². The van der Waals surface area contributed by atoms with Crippen LogP contribution >= 0.6 is 35.6 Å². The Morgan fingerprint density at radius 3 is 2.26 bits per heavy atom. The van der Waals surface area contributed by atoms with Crippen LogP contribution in [0.1, 0.15) is 38.8 Å². The number of likely N-dealkylation sites (tertiary alicyclic amines) is 1. The minimum Gasteiger partial charge on any atom is -0.477 e. The molecular weight excluding hydrogens is 548 g/mol. The molecule has 1 amide bonds. The number of ketones is 1. The number of aliphatic hydroxyl groups is 1. The number of nitrogens with zero attached hydrogens (tertiary/aromatic N) is 2. The van der Waals surface area contributed by atoms with E-state index in [1.807, 2.05) is 31.2 Å². The van der Waals surface area contributed by atoms with Gasteiger partial charge in [0, 0.05) is 22.4 Å². The maximum absolute atomic E-state index is 13.7. The van der Waals surface area contributed by atoms with E-state index < -0.39 is 33.8 Å². The lowest BCUT2D eigenvalue weighted by Crippen LogP contribution is -2.62. The molecule has 0 aliphatic carbocycles. The van der Waals surface area contributed by atoms with Crippen molar-refractivity contribution in [2.24, 2.45) is 11.3 Å². The molecule has 38 heavy (non-hydrogen) atoms. The molecule has 11 heteroatoms. The van der Waals surface area contributed by atoms with Gasteiger partial charge in [0.05, 0.1) is 21.9 Å². The maximum atomic E-state index is 13.7. The van der Waals surface area contributed by atoms with E-state index in [1.165, 1.54) is 36.1 Å². The van der Waals surface area contributed by atoms with Gasteiger partial charge in [0.2, 0.25) is 11.0 Å². The molecule has 1 fully saturated rings. The van der Waals surface area contributed by atoms with E-state index in [0.717, 1.165) is 22.2 Å². The number of rotatable bonds is 9. The molecule has 1 heterocycles. The van der Waals surface area contributed by atoms with E-state index in [4.69, 9.17) is 28.6 Å². The fourth-order valence-electron chi connectivity index (χ4n) is 3.65. The number of hydrogen-bond acceptors (Lipinski definition) is 8. The topological polar surface area (TPSA) is 110 Å². The van der Waals surface area contributed by atoms with Crippen LogP contribution in [0.5, 0.6) is 0 Å². The van der Waals surface area contributed by atoms with Gasteiger partial charge in [-0.3, -0.25) is 24.6 Å². The molecule has 0 aromatic heterocycles. The number of nitro groups is 1. The molecule has 0 saturated carbocycles. The van der Waals surface area contributed by atoms with Gasteiger partial charge >= 0.3 is 0 Å². The third-order valence-electron chi connectivity index (χ3n) is 5.88.